The maximum Gasteiger partial charge on any atom is 0.251 e. The van der Waals surface area contributed by atoms with E-state index < -0.39 is 0 Å². The van der Waals surface area contributed by atoms with Gasteiger partial charge in [-0.3, -0.25) is 9.59 Å². The van der Waals surface area contributed by atoms with Crippen molar-refractivity contribution in [2.24, 2.45) is 0 Å². The monoisotopic (exact) mass is 348 g/mol. The first-order valence-corrected chi connectivity index (χ1v) is 8.96. The zero-order valence-corrected chi connectivity index (χ0v) is 15.2. The Kier molecular flexibility index (Phi) is 5.52. The lowest BCUT2D eigenvalue weighted by molar-refractivity contribution is -0.126. The maximum absolute atomic E-state index is 12.7. The molecule has 0 aliphatic carbocycles. The average Bonchev–Trinajstić information content (AvgIpc) is 3.16. The summed E-state index contributed by atoms with van der Waals surface area (Å²) < 4.78 is 0. The van der Waals surface area contributed by atoms with Gasteiger partial charge >= 0.3 is 0 Å². The Bertz CT molecular complexity index is 807. The number of benzene rings is 2. The Morgan fingerprint density at radius 2 is 1.77 bits per heavy atom. The molecule has 1 N–H and O–H groups in total. The van der Waals surface area contributed by atoms with E-state index in [9.17, 15) is 9.59 Å². The first-order chi connectivity index (χ1) is 12.6. The lowest BCUT2D eigenvalue weighted by Crippen LogP contribution is -2.28. The SMILES string of the molecule is CNC(=O)c1ccc(/C=C/C(=O)N2CCCC2c2ccc(C)cc2)cc1. The Morgan fingerprint density at radius 1 is 1.08 bits per heavy atom. The van der Waals surface area contributed by atoms with Crippen LogP contribution in [0.2, 0.25) is 0 Å². The number of likely N-dealkylation sites (tertiary alicyclic amines) is 1. The van der Waals surface area contributed by atoms with Gasteiger partial charge in [-0.2, -0.15) is 0 Å². The van der Waals surface area contributed by atoms with Crippen LogP contribution in [0.15, 0.2) is 54.6 Å². The van der Waals surface area contributed by atoms with Crippen molar-refractivity contribution >= 4 is 17.9 Å². The summed E-state index contributed by atoms with van der Waals surface area (Å²) in [6, 6.07) is 15.8. The molecule has 3 rings (SSSR count). The third kappa shape index (κ3) is 4.02. The maximum atomic E-state index is 12.7. The van der Waals surface area contributed by atoms with Crippen molar-refractivity contribution < 1.29 is 9.59 Å². The minimum Gasteiger partial charge on any atom is -0.355 e. The highest BCUT2D eigenvalue weighted by molar-refractivity contribution is 5.95. The summed E-state index contributed by atoms with van der Waals surface area (Å²) in [5.74, 6) is -0.0851. The molecule has 0 aromatic heterocycles. The first-order valence-electron chi connectivity index (χ1n) is 8.96. The number of carbonyl (C=O) groups excluding carboxylic acids is 2. The Balaban J connectivity index is 1.69. The fourth-order valence-electron chi connectivity index (χ4n) is 3.32. The molecule has 4 nitrogen and oxygen atoms in total. The zero-order valence-electron chi connectivity index (χ0n) is 15.2. The van der Waals surface area contributed by atoms with E-state index >= 15 is 0 Å². The fourth-order valence-corrected chi connectivity index (χ4v) is 3.32. The van der Waals surface area contributed by atoms with Gasteiger partial charge in [-0.05, 0) is 49.1 Å². The zero-order chi connectivity index (χ0) is 18.5. The molecular formula is C22H24N2O2. The van der Waals surface area contributed by atoms with Crippen molar-refractivity contribution in [2.45, 2.75) is 25.8 Å². The number of aryl methyl sites for hydroxylation is 1. The molecular weight excluding hydrogens is 324 g/mol. The van der Waals surface area contributed by atoms with Crippen LogP contribution in [-0.4, -0.2) is 30.3 Å². The second kappa shape index (κ2) is 8.00. The molecule has 1 aliphatic heterocycles. The molecule has 0 spiro atoms. The van der Waals surface area contributed by atoms with Crippen LogP contribution in [0.4, 0.5) is 0 Å². The number of carbonyl (C=O) groups is 2. The van der Waals surface area contributed by atoms with Crippen molar-refractivity contribution in [1.29, 1.82) is 0 Å². The second-order valence-corrected chi connectivity index (χ2v) is 6.63. The summed E-state index contributed by atoms with van der Waals surface area (Å²) in [6.45, 7) is 2.86. The Morgan fingerprint density at radius 3 is 2.42 bits per heavy atom. The van der Waals surface area contributed by atoms with Crippen molar-refractivity contribution in [3.05, 3.63) is 76.9 Å². The molecule has 26 heavy (non-hydrogen) atoms. The highest BCUT2D eigenvalue weighted by atomic mass is 16.2. The lowest BCUT2D eigenvalue weighted by atomic mass is 10.0. The van der Waals surface area contributed by atoms with E-state index in [1.165, 1.54) is 11.1 Å². The normalized spacial score (nSPS) is 16.8. The molecule has 0 saturated carbocycles. The molecule has 134 valence electrons. The van der Waals surface area contributed by atoms with Crippen LogP contribution >= 0.6 is 0 Å². The summed E-state index contributed by atoms with van der Waals surface area (Å²) in [7, 11) is 1.61. The Hall–Kier alpha value is -2.88. The smallest absolute Gasteiger partial charge is 0.251 e. The summed E-state index contributed by atoms with van der Waals surface area (Å²) in [5, 5.41) is 2.59. The molecule has 1 atom stereocenters. The molecule has 0 bridgehead atoms. The largest absolute Gasteiger partial charge is 0.355 e. The van der Waals surface area contributed by atoms with Crippen molar-refractivity contribution in [3.8, 4) is 0 Å². The van der Waals surface area contributed by atoms with Gasteiger partial charge in [0, 0.05) is 25.2 Å². The predicted octanol–water partition coefficient (Wildman–Crippen LogP) is 3.73. The minimum atomic E-state index is -0.116. The minimum absolute atomic E-state index is 0.0310. The van der Waals surface area contributed by atoms with E-state index in [1.54, 1.807) is 31.3 Å². The molecule has 1 unspecified atom stereocenters. The van der Waals surface area contributed by atoms with E-state index in [1.807, 2.05) is 17.0 Å². The molecule has 2 aromatic carbocycles. The van der Waals surface area contributed by atoms with Crippen LogP contribution in [-0.2, 0) is 4.79 Å². The van der Waals surface area contributed by atoms with Crippen molar-refractivity contribution in [1.82, 2.24) is 10.2 Å². The highest BCUT2D eigenvalue weighted by Gasteiger charge is 2.28. The van der Waals surface area contributed by atoms with Crippen LogP contribution in [0.3, 0.4) is 0 Å². The average molecular weight is 348 g/mol. The number of rotatable bonds is 4. The van der Waals surface area contributed by atoms with Gasteiger partial charge < -0.3 is 10.2 Å². The molecule has 1 saturated heterocycles. The summed E-state index contributed by atoms with van der Waals surface area (Å²) in [5.41, 5.74) is 3.93. The quantitative estimate of drug-likeness (QED) is 0.856. The van der Waals surface area contributed by atoms with E-state index in [0.29, 0.717) is 5.56 Å². The van der Waals surface area contributed by atoms with E-state index in [-0.39, 0.29) is 17.9 Å². The van der Waals surface area contributed by atoms with Crippen LogP contribution in [0.1, 0.15) is 45.9 Å². The summed E-state index contributed by atoms with van der Waals surface area (Å²) >= 11 is 0. The Labute approximate surface area is 154 Å². The molecule has 1 fully saturated rings. The van der Waals surface area contributed by atoms with Gasteiger partial charge in [0.2, 0.25) is 5.91 Å². The van der Waals surface area contributed by atoms with Gasteiger partial charge in [0.25, 0.3) is 5.91 Å². The van der Waals surface area contributed by atoms with Gasteiger partial charge in [-0.15, -0.1) is 0 Å². The second-order valence-electron chi connectivity index (χ2n) is 6.63. The molecule has 2 amide bonds. The number of nitrogens with one attached hydrogen (secondary N) is 1. The van der Waals surface area contributed by atoms with Gasteiger partial charge in [0.15, 0.2) is 0 Å². The number of nitrogens with zero attached hydrogens (tertiary/aromatic N) is 1. The summed E-state index contributed by atoms with van der Waals surface area (Å²) in [4.78, 5) is 26.2. The van der Waals surface area contributed by atoms with Crippen LogP contribution in [0.25, 0.3) is 6.08 Å². The van der Waals surface area contributed by atoms with Crippen LogP contribution in [0.5, 0.6) is 0 Å². The van der Waals surface area contributed by atoms with Gasteiger partial charge in [-0.1, -0.05) is 42.0 Å². The summed E-state index contributed by atoms with van der Waals surface area (Å²) in [6.07, 6.45) is 5.46. The first kappa shape index (κ1) is 17.9. The molecule has 4 heteroatoms. The third-order valence-electron chi connectivity index (χ3n) is 4.82. The van der Waals surface area contributed by atoms with Crippen LogP contribution < -0.4 is 5.32 Å². The van der Waals surface area contributed by atoms with Gasteiger partial charge in [0.1, 0.15) is 0 Å². The topological polar surface area (TPSA) is 49.4 Å². The van der Waals surface area contributed by atoms with Gasteiger partial charge in [0.05, 0.1) is 6.04 Å². The standard InChI is InChI=1S/C22H24N2O2/c1-16-5-10-18(11-6-16)20-4-3-15-24(20)21(25)14-9-17-7-12-19(13-8-17)22(26)23-2/h5-14,20H,3-4,15H2,1-2H3,(H,23,26)/b14-9+. The molecule has 1 aliphatic rings. The highest BCUT2D eigenvalue weighted by Crippen LogP contribution is 2.32. The third-order valence-corrected chi connectivity index (χ3v) is 4.82. The van der Waals surface area contributed by atoms with Crippen LogP contribution in [0, 0.1) is 6.92 Å². The van der Waals surface area contributed by atoms with E-state index in [0.717, 1.165) is 24.9 Å². The number of hydrogen-bond acceptors (Lipinski definition) is 2. The number of hydrogen-bond donors (Lipinski definition) is 1. The molecule has 0 radical (unpaired) electrons. The fraction of sp³-hybridized carbons (Fsp3) is 0.273. The van der Waals surface area contributed by atoms with Gasteiger partial charge in [-0.25, -0.2) is 0 Å². The van der Waals surface area contributed by atoms with E-state index in [2.05, 4.69) is 36.5 Å². The molecule has 1 heterocycles. The lowest BCUT2D eigenvalue weighted by Gasteiger charge is -2.24. The molecule has 2 aromatic rings. The van der Waals surface area contributed by atoms with Crippen molar-refractivity contribution in [3.63, 3.8) is 0 Å². The predicted molar refractivity (Wildman–Crippen MR) is 104 cm³/mol. The number of amides is 2. The van der Waals surface area contributed by atoms with E-state index in [4.69, 9.17) is 0 Å². The van der Waals surface area contributed by atoms with Crippen molar-refractivity contribution in [2.75, 3.05) is 13.6 Å².